The molecule has 0 amide bonds. The van der Waals surface area contributed by atoms with Gasteiger partial charge in [-0.15, -0.1) is 0 Å². The molecule has 0 saturated heterocycles. The summed E-state index contributed by atoms with van der Waals surface area (Å²) in [5, 5.41) is 30.9. The number of carboxylic acids is 1. The smallest absolute Gasteiger partial charge is 0.324 e. The first-order valence-electron chi connectivity index (χ1n) is 7.42. The van der Waals surface area contributed by atoms with Gasteiger partial charge in [0.15, 0.2) is 0 Å². The number of hydrogen-bond acceptors (Lipinski definition) is 5. The highest BCUT2D eigenvalue weighted by Gasteiger charge is 2.48. The summed E-state index contributed by atoms with van der Waals surface area (Å²) < 4.78 is 0. The zero-order valence-electron chi connectivity index (χ0n) is 12.2. The van der Waals surface area contributed by atoms with E-state index in [0.717, 1.165) is 38.0 Å². The standard InChI is InChI=1S/C14H27NO4S/c1-2-7-15-14(13(18)19)6-3-4-11(14)5-8-20-10-12(17)9-16/h11-12,15-17H,2-10H2,1H3,(H,18,19). The molecule has 1 rings (SSSR count). The highest BCUT2D eigenvalue weighted by atomic mass is 32.2. The van der Waals surface area contributed by atoms with Crippen molar-refractivity contribution in [2.75, 3.05) is 24.7 Å². The maximum atomic E-state index is 11.7. The van der Waals surface area contributed by atoms with Crippen LogP contribution in [0.2, 0.25) is 0 Å². The summed E-state index contributed by atoms with van der Waals surface area (Å²) in [6, 6.07) is 0. The highest BCUT2D eigenvalue weighted by Crippen LogP contribution is 2.39. The molecule has 1 saturated carbocycles. The van der Waals surface area contributed by atoms with Crippen LogP contribution < -0.4 is 5.32 Å². The maximum Gasteiger partial charge on any atom is 0.324 e. The van der Waals surface area contributed by atoms with Crippen LogP contribution >= 0.6 is 11.8 Å². The first kappa shape index (κ1) is 17.8. The van der Waals surface area contributed by atoms with Crippen molar-refractivity contribution >= 4 is 17.7 Å². The van der Waals surface area contributed by atoms with Crippen molar-refractivity contribution in [3.8, 4) is 0 Å². The Kier molecular flexibility index (Phi) is 7.87. The summed E-state index contributed by atoms with van der Waals surface area (Å²) >= 11 is 1.58. The third-order valence-corrected chi connectivity index (χ3v) is 5.17. The summed E-state index contributed by atoms with van der Waals surface area (Å²) in [4.78, 5) is 11.7. The number of aliphatic carboxylic acids is 1. The number of carbonyl (C=O) groups is 1. The molecule has 1 aliphatic carbocycles. The first-order chi connectivity index (χ1) is 9.56. The molecule has 0 radical (unpaired) electrons. The molecule has 5 nitrogen and oxygen atoms in total. The van der Waals surface area contributed by atoms with Crippen LogP contribution in [0.1, 0.15) is 39.0 Å². The van der Waals surface area contributed by atoms with Crippen molar-refractivity contribution in [3.05, 3.63) is 0 Å². The fourth-order valence-electron chi connectivity index (χ4n) is 2.90. The molecule has 0 aromatic carbocycles. The fourth-order valence-corrected chi connectivity index (χ4v) is 3.90. The Morgan fingerprint density at radius 2 is 2.30 bits per heavy atom. The second kappa shape index (κ2) is 8.87. The largest absolute Gasteiger partial charge is 0.480 e. The van der Waals surface area contributed by atoms with E-state index in [2.05, 4.69) is 5.32 Å². The number of thioether (sulfide) groups is 1. The van der Waals surface area contributed by atoms with Gasteiger partial charge in [-0.05, 0) is 43.9 Å². The molecule has 1 fully saturated rings. The summed E-state index contributed by atoms with van der Waals surface area (Å²) in [5.74, 6) is 0.759. The van der Waals surface area contributed by atoms with Gasteiger partial charge in [0, 0.05) is 5.75 Å². The van der Waals surface area contributed by atoms with Crippen molar-refractivity contribution in [2.45, 2.75) is 50.7 Å². The van der Waals surface area contributed by atoms with E-state index in [-0.39, 0.29) is 12.5 Å². The normalized spacial score (nSPS) is 27.6. The topological polar surface area (TPSA) is 89.8 Å². The summed E-state index contributed by atoms with van der Waals surface area (Å²) in [6.07, 6.45) is 3.71. The summed E-state index contributed by atoms with van der Waals surface area (Å²) in [5.41, 5.74) is -0.758. The monoisotopic (exact) mass is 305 g/mol. The van der Waals surface area contributed by atoms with E-state index in [1.807, 2.05) is 6.92 Å². The third-order valence-electron chi connectivity index (χ3n) is 4.02. The number of aliphatic hydroxyl groups is 2. The highest BCUT2D eigenvalue weighted by molar-refractivity contribution is 7.99. The van der Waals surface area contributed by atoms with Crippen LogP contribution in [-0.4, -0.2) is 57.6 Å². The summed E-state index contributed by atoms with van der Waals surface area (Å²) in [7, 11) is 0. The molecule has 20 heavy (non-hydrogen) atoms. The molecule has 0 aromatic heterocycles. The van der Waals surface area contributed by atoms with Gasteiger partial charge >= 0.3 is 5.97 Å². The lowest BCUT2D eigenvalue weighted by Crippen LogP contribution is -2.55. The zero-order valence-corrected chi connectivity index (χ0v) is 13.0. The predicted octanol–water partition coefficient (Wildman–Crippen LogP) is 1.09. The maximum absolute atomic E-state index is 11.7. The van der Waals surface area contributed by atoms with Gasteiger partial charge in [-0.2, -0.15) is 11.8 Å². The van der Waals surface area contributed by atoms with E-state index < -0.39 is 17.6 Å². The molecule has 3 atom stereocenters. The number of nitrogens with one attached hydrogen (secondary N) is 1. The lowest BCUT2D eigenvalue weighted by atomic mass is 9.85. The van der Waals surface area contributed by atoms with Crippen LogP contribution in [-0.2, 0) is 4.79 Å². The average molecular weight is 305 g/mol. The fraction of sp³-hybridized carbons (Fsp3) is 0.929. The zero-order chi connectivity index (χ0) is 15.0. The number of carboxylic acid groups (broad SMARTS) is 1. The minimum absolute atomic E-state index is 0.158. The van der Waals surface area contributed by atoms with Gasteiger partial charge in [0.05, 0.1) is 12.7 Å². The Balaban J connectivity index is 2.47. The van der Waals surface area contributed by atoms with Crippen LogP contribution in [0.3, 0.4) is 0 Å². The molecule has 6 heteroatoms. The Morgan fingerprint density at radius 1 is 1.55 bits per heavy atom. The molecular weight excluding hydrogens is 278 g/mol. The second-order valence-electron chi connectivity index (χ2n) is 5.49. The molecule has 3 unspecified atom stereocenters. The minimum atomic E-state index is -0.758. The van der Waals surface area contributed by atoms with E-state index in [1.54, 1.807) is 11.8 Å². The van der Waals surface area contributed by atoms with Crippen molar-refractivity contribution in [1.82, 2.24) is 5.32 Å². The van der Waals surface area contributed by atoms with Gasteiger partial charge in [-0.25, -0.2) is 0 Å². The lowest BCUT2D eigenvalue weighted by Gasteiger charge is -2.32. The van der Waals surface area contributed by atoms with E-state index >= 15 is 0 Å². The van der Waals surface area contributed by atoms with Crippen molar-refractivity contribution in [3.63, 3.8) is 0 Å². The minimum Gasteiger partial charge on any atom is -0.480 e. The van der Waals surface area contributed by atoms with Crippen LogP contribution in [0.4, 0.5) is 0 Å². The van der Waals surface area contributed by atoms with Crippen LogP contribution in [0.25, 0.3) is 0 Å². The third kappa shape index (κ3) is 4.62. The Labute approximate surface area is 125 Å². The first-order valence-corrected chi connectivity index (χ1v) is 8.57. The number of rotatable bonds is 10. The second-order valence-corrected chi connectivity index (χ2v) is 6.64. The molecule has 0 aromatic rings. The molecule has 0 heterocycles. The van der Waals surface area contributed by atoms with E-state index in [4.69, 9.17) is 5.11 Å². The predicted molar refractivity (Wildman–Crippen MR) is 81.0 cm³/mol. The Bertz CT molecular complexity index is 303. The Morgan fingerprint density at radius 3 is 2.90 bits per heavy atom. The van der Waals surface area contributed by atoms with Crippen molar-refractivity contribution in [1.29, 1.82) is 0 Å². The van der Waals surface area contributed by atoms with Gasteiger partial charge in [-0.1, -0.05) is 13.3 Å². The van der Waals surface area contributed by atoms with Gasteiger partial charge in [0.25, 0.3) is 0 Å². The van der Waals surface area contributed by atoms with Crippen molar-refractivity contribution in [2.24, 2.45) is 5.92 Å². The van der Waals surface area contributed by atoms with E-state index in [9.17, 15) is 15.0 Å². The molecule has 0 bridgehead atoms. The lowest BCUT2D eigenvalue weighted by molar-refractivity contribution is -0.146. The number of aliphatic hydroxyl groups excluding tert-OH is 2. The SMILES string of the molecule is CCCNC1(C(=O)O)CCCC1CCSCC(O)CO. The summed E-state index contributed by atoms with van der Waals surface area (Å²) in [6.45, 7) is 2.56. The molecule has 4 N–H and O–H groups in total. The molecule has 1 aliphatic rings. The van der Waals surface area contributed by atoms with Gasteiger partial charge in [0.2, 0.25) is 0 Å². The van der Waals surface area contributed by atoms with Crippen LogP contribution in [0.15, 0.2) is 0 Å². The van der Waals surface area contributed by atoms with E-state index in [1.165, 1.54) is 0 Å². The quantitative estimate of drug-likeness (QED) is 0.452. The molecule has 0 aliphatic heterocycles. The molecule has 118 valence electrons. The van der Waals surface area contributed by atoms with Gasteiger partial charge in [-0.3, -0.25) is 4.79 Å². The van der Waals surface area contributed by atoms with E-state index in [0.29, 0.717) is 12.2 Å². The molecule has 0 spiro atoms. The van der Waals surface area contributed by atoms with Gasteiger partial charge in [0.1, 0.15) is 5.54 Å². The van der Waals surface area contributed by atoms with Crippen LogP contribution in [0, 0.1) is 5.92 Å². The van der Waals surface area contributed by atoms with Gasteiger partial charge < -0.3 is 20.6 Å². The van der Waals surface area contributed by atoms with Crippen molar-refractivity contribution < 1.29 is 20.1 Å². The Hall–Kier alpha value is -0.300. The van der Waals surface area contributed by atoms with Crippen LogP contribution in [0.5, 0.6) is 0 Å². The number of hydrogen-bond donors (Lipinski definition) is 4. The average Bonchev–Trinajstić information content (AvgIpc) is 2.85. The molecular formula is C14H27NO4S.